The van der Waals surface area contributed by atoms with Gasteiger partial charge in [-0.3, -0.25) is 0 Å². The van der Waals surface area contributed by atoms with Crippen LogP contribution in [0.3, 0.4) is 0 Å². The van der Waals surface area contributed by atoms with Crippen LogP contribution in [0.5, 0.6) is 0 Å². The van der Waals surface area contributed by atoms with E-state index in [0.717, 1.165) is 0 Å². The molecule has 56 valence electrons. The molecule has 4 heteroatoms. The summed E-state index contributed by atoms with van der Waals surface area (Å²) >= 11 is 1.23. The molecule has 0 aliphatic rings. The van der Waals surface area contributed by atoms with E-state index in [1.165, 1.54) is 17.2 Å². The maximum Gasteiger partial charge on any atom is 0.332 e. The fourth-order valence-corrected chi connectivity index (χ4v) is 0.505. The average Bonchev–Trinajstić information content (AvgIpc) is 2.00. The first-order valence-electron chi connectivity index (χ1n) is 3.30. The van der Waals surface area contributed by atoms with E-state index in [0.29, 0.717) is 6.08 Å². The van der Waals surface area contributed by atoms with E-state index in [2.05, 4.69) is 5.11 Å². The summed E-state index contributed by atoms with van der Waals surface area (Å²) in [6.07, 6.45) is 2.39. The molecule has 0 aliphatic heterocycles. The van der Waals surface area contributed by atoms with Crippen LogP contribution in [0.1, 0.15) is 1.37 Å². The van der Waals surface area contributed by atoms with E-state index in [4.69, 9.17) is 7.91 Å². The summed E-state index contributed by atoms with van der Waals surface area (Å²) in [5.74, 6) is -1.52. The summed E-state index contributed by atoms with van der Waals surface area (Å²) in [6.45, 7) is 0. The third-order valence-electron chi connectivity index (χ3n) is 0.574. The molecule has 0 saturated carbocycles. The zero-order valence-electron chi connectivity index (χ0n) is 7.33. The average molecular weight is 162 g/mol. The standard InChI is InChI=1S/C6H8O3S/c1-10-3-2-5(7)4-6(8)9/h2-4,7H,1H3,(H,8,9)/b3-2+,5-4-/i2D/hD. The Hall–Kier alpha value is -0.900. The number of hydrogen-bond acceptors (Lipinski definition) is 3. The number of hydrogen-bond donors (Lipinski definition) is 2. The van der Waals surface area contributed by atoms with Gasteiger partial charge in [0, 0.05) is 0 Å². The number of rotatable bonds is 4. The summed E-state index contributed by atoms with van der Waals surface area (Å²) in [5.41, 5.74) is 0. The number of aliphatic hydroxyl groups excluding tert-OH is 1. The van der Waals surface area contributed by atoms with Crippen molar-refractivity contribution < 1.29 is 16.4 Å². The van der Waals surface area contributed by atoms with Crippen molar-refractivity contribution in [2.24, 2.45) is 0 Å². The smallest absolute Gasteiger partial charge is 0.332 e. The van der Waals surface area contributed by atoms with Crippen molar-refractivity contribution in [3.05, 3.63) is 23.3 Å². The van der Waals surface area contributed by atoms with E-state index >= 15 is 0 Å². The van der Waals surface area contributed by atoms with Crippen LogP contribution < -0.4 is 0 Å². The van der Waals surface area contributed by atoms with Crippen molar-refractivity contribution >= 4 is 17.7 Å². The minimum Gasteiger partial charge on any atom is -0.508 e. The lowest BCUT2D eigenvalue weighted by Crippen LogP contribution is -1.89. The van der Waals surface area contributed by atoms with Gasteiger partial charge in [-0.1, -0.05) is 0 Å². The highest BCUT2D eigenvalue weighted by Crippen LogP contribution is 1.98. The summed E-state index contributed by atoms with van der Waals surface area (Å²) in [4.78, 5) is 10.1. The maximum absolute atomic E-state index is 10.1. The Morgan fingerprint density at radius 1 is 1.90 bits per heavy atom. The van der Waals surface area contributed by atoms with Crippen LogP contribution >= 0.6 is 11.8 Å². The van der Waals surface area contributed by atoms with Gasteiger partial charge in [0.05, 0.1) is 7.45 Å². The highest BCUT2D eigenvalue weighted by Gasteiger charge is 1.90. The largest absolute Gasteiger partial charge is 0.508 e. The molecule has 0 atom stereocenters. The zero-order valence-corrected chi connectivity index (χ0v) is 6.14. The van der Waals surface area contributed by atoms with Gasteiger partial charge in [-0.05, 0) is 17.7 Å². The second kappa shape index (κ2) is 4.93. The molecule has 3 nitrogen and oxygen atoms in total. The molecular formula is C6H8O3S. The summed E-state index contributed by atoms with van der Waals surface area (Å²) < 4.78 is 13.6. The third-order valence-corrected chi connectivity index (χ3v) is 0.927. The van der Waals surface area contributed by atoms with E-state index in [-0.39, 0.29) is 11.8 Å². The third kappa shape index (κ3) is 5.24. The Morgan fingerprint density at radius 2 is 2.60 bits per heavy atom. The lowest BCUT2D eigenvalue weighted by molar-refractivity contribution is -0.131. The second-order valence-corrected chi connectivity index (χ2v) is 2.05. The van der Waals surface area contributed by atoms with Crippen molar-refractivity contribution in [2.75, 3.05) is 6.26 Å². The van der Waals surface area contributed by atoms with Gasteiger partial charge in [0.1, 0.15) is 5.76 Å². The van der Waals surface area contributed by atoms with E-state index in [1.54, 1.807) is 6.26 Å². The Labute approximate surface area is 66.0 Å². The molecule has 0 aromatic carbocycles. The van der Waals surface area contributed by atoms with E-state index in [1.807, 2.05) is 0 Å². The first-order chi connectivity index (χ1) is 5.61. The van der Waals surface area contributed by atoms with Crippen LogP contribution in [0.2, 0.25) is 0 Å². The maximum atomic E-state index is 10.1. The highest BCUT2D eigenvalue weighted by atomic mass is 32.2. The quantitative estimate of drug-likeness (QED) is 0.372. The predicted octanol–water partition coefficient (Wildman–Crippen LogP) is 1.39. The fourth-order valence-electron chi connectivity index (χ4n) is 0.271. The predicted molar refractivity (Wildman–Crippen MR) is 41.0 cm³/mol. The molecule has 0 rings (SSSR count). The Morgan fingerprint density at radius 3 is 3.00 bits per heavy atom. The van der Waals surface area contributed by atoms with Gasteiger partial charge in [-0.2, -0.15) is 0 Å². The molecule has 0 spiro atoms. The molecule has 0 radical (unpaired) electrons. The van der Waals surface area contributed by atoms with Crippen molar-refractivity contribution in [1.29, 1.82) is 1.43 Å². The molecule has 0 fully saturated rings. The Kier molecular flexibility index (Phi) is 2.89. The molecule has 0 saturated heterocycles. The number of carbonyl (C=O) groups is 1. The van der Waals surface area contributed by atoms with Crippen LogP contribution in [0.25, 0.3) is 1.43 Å². The zero-order chi connectivity index (χ0) is 9.56. The number of aliphatic carboxylic acids is 1. The molecule has 0 aromatic rings. The van der Waals surface area contributed by atoms with Crippen LogP contribution in [0, 0.1) is 0 Å². The summed E-state index contributed by atoms with van der Waals surface area (Å²) in [6, 6.07) is -0.125. The number of carboxylic acid groups (broad SMARTS) is 1. The number of carboxylic acids is 1. The topological polar surface area (TPSA) is 57.5 Å². The van der Waals surface area contributed by atoms with E-state index < -0.39 is 5.97 Å². The van der Waals surface area contributed by atoms with Crippen LogP contribution in [-0.4, -0.2) is 22.4 Å². The lowest BCUT2D eigenvalue weighted by Gasteiger charge is -1.85. The number of allylic oxidation sites excluding steroid dienone is 1. The van der Waals surface area contributed by atoms with Gasteiger partial charge in [0.15, 0.2) is 0 Å². The minimum atomic E-state index is -1.24. The SMILES string of the molecule is [2H]OC(=C\C(=O)O)/C([2H])=C/SC. The van der Waals surface area contributed by atoms with Crippen LogP contribution in [-0.2, 0) is 4.79 Å². The minimum absolute atomic E-state index is 0.125. The molecule has 0 unspecified atom stereocenters. The number of thioether (sulfide) groups is 1. The molecule has 0 amide bonds. The molecule has 10 heavy (non-hydrogen) atoms. The molecule has 2 N–H and O–H groups in total. The molecular weight excluding hydrogens is 152 g/mol. The van der Waals surface area contributed by atoms with Gasteiger partial charge < -0.3 is 10.2 Å². The molecule has 0 aromatic heterocycles. The summed E-state index contributed by atoms with van der Waals surface area (Å²) in [5, 5.41) is 13.6. The molecule has 0 heterocycles. The van der Waals surface area contributed by atoms with Crippen molar-refractivity contribution in [2.45, 2.75) is 0 Å². The van der Waals surface area contributed by atoms with Gasteiger partial charge in [0.25, 0.3) is 1.43 Å². The highest BCUT2D eigenvalue weighted by molar-refractivity contribution is 8.01. The number of aliphatic hydroxyl groups is 1. The first-order valence-corrected chi connectivity index (χ1v) is 3.68. The monoisotopic (exact) mass is 162 g/mol. The first kappa shape index (κ1) is 5.85. The van der Waals surface area contributed by atoms with Crippen molar-refractivity contribution in [1.82, 2.24) is 0 Å². The second-order valence-electron chi connectivity index (χ2n) is 1.34. The summed E-state index contributed by atoms with van der Waals surface area (Å²) in [7, 11) is 0. The Bertz CT molecular complexity index is 225. The normalized spacial score (nSPS) is 15.7. The van der Waals surface area contributed by atoms with Crippen molar-refractivity contribution in [3.63, 3.8) is 0 Å². The van der Waals surface area contributed by atoms with Crippen LogP contribution in [0.15, 0.2) is 23.3 Å². The molecule has 0 aliphatic carbocycles. The molecule has 0 bridgehead atoms. The van der Waals surface area contributed by atoms with Gasteiger partial charge >= 0.3 is 5.97 Å². The van der Waals surface area contributed by atoms with Crippen molar-refractivity contribution in [3.8, 4) is 0 Å². The Balaban J connectivity index is 4.55. The van der Waals surface area contributed by atoms with Crippen LogP contribution in [0.4, 0.5) is 0 Å². The van der Waals surface area contributed by atoms with Gasteiger partial charge in [-0.15, -0.1) is 11.8 Å². The van der Waals surface area contributed by atoms with Gasteiger partial charge in [-0.25, -0.2) is 4.79 Å². The van der Waals surface area contributed by atoms with Gasteiger partial charge in [0.2, 0.25) is 0 Å². The lowest BCUT2D eigenvalue weighted by atomic mass is 10.4. The fraction of sp³-hybridized carbons (Fsp3) is 0.167. The van der Waals surface area contributed by atoms with E-state index in [9.17, 15) is 4.79 Å².